The first-order valence-electron chi connectivity index (χ1n) is 12.5. The zero-order valence-electron chi connectivity index (χ0n) is 22.2. The summed E-state index contributed by atoms with van der Waals surface area (Å²) in [5.41, 5.74) is -2.70. The minimum absolute atomic E-state index is 0.00315. The van der Waals surface area contributed by atoms with Crippen LogP contribution in [0.15, 0.2) is 0 Å². The molecule has 2 unspecified atom stereocenters. The molecule has 1 N–H and O–H groups in total. The van der Waals surface area contributed by atoms with E-state index in [2.05, 4.69) is 0 Å². The summed E-state index contributed by atoms with van der Waals surface area (Å²) in [5, 5.41) is 11.3. The van der Waals surface area contributed by atoms with E-state index in [0.717, 1.165) is 26.2 Å². The minimum Gasteiger partial charge on any atom is -0.466 e. The Morgan fingerprint density at radius 2 is 1.12 bits per heavy atom. The van der Waals surface area contributed by atoms with Crippen LogP contribution in [0.25, 0.3) is 0 Å². The van der Waals surface area contributed by atoms with Gasteiger partial charge in [0.25, 0.3) is 0 Å². The van der Waals surface area contributed by atoms with Gasteiger partial charge in [0.1, 0.15) is 5.78 Å². The van der Waals surface area contributed by atoms with E-state index >= 15 is 0 Å². The third-order valence-electron chi connectivity index (χ3n) is 5.41. The second kappa shape index (κ2) is 16.6. The average Bonchev–Trinajstić information content (AvgIpc) is 2.70. The maximum absolute atomic E-state index is 12.9. The Bertz CT molecular complexity index is 641. The SMILES string of the molecule is CC(=O)C(C(=O)OCCCC(C)C)C(O)(CC(=O)OCCCC(C)C)C(=O)OCCCC(C)C. The molecule has 0 bridgehead atoms. The van der Waals surface area contributed by atoms with E-state index in [4.69, 9.17) is 14.2 Å². The molecule has 0 heterocycles. The summed E-state index contributed by atoms with van der Waals surface area (Å²) >= 11 is 0. The van der Waals surface area contributed by atoms with Gasteiger partial charge in [0, 0.05) is 0 Å². The van der Waals surface area contributed by atoms with Crippen molar-refractivity contribution < 1.29 is 38.5 Å². The quantitative estimate of drug-likeness (QED) is 0.132. The van der Waals surface area contributed by atoms with E-state index in [9.17, 15) is 24.3 Å². The topological polar surface area (TPSA) is 116 Å². The number of esters is 3. The molecule has 8 heteroatoms. The van der Waals surface area contributed by atoms with Crippen LogP contribution in [0.5, 0.6) is 0 Å². The van der Waals surface area contributed by atoms with Gasteiger partial charge in [-0.05, 0) is 63.2 Å². The molecule has 0 rings (SSSR count). The second-order valence-electron chi connectivity index (χ2n) is 10.3. The highest BCUT2D eigenvalue weighted by molar-refractivity contribution is 6.05. The standard InChI is InChI=1S/C26H46O8/c1-18(2)11-8-14-32-22(28)17-26(31,25(30)34-16-10-13-20(5)6)23(21(7)27)24(29)33-15-9-12-19(3)4/h18-20,23,31H,8-17H2,1-7H3. The molecule has 0 spiro atoms. The van der Waals surface area contributed by atoms with Gasteiger partial charge in [-0.15, -0.1) is 0 Å². The first kappa shape index (κ1) is 32.0. The number of ether oxygens (including phenoxy) is 3. The fourth-order valence-corrected chi connectivity index (χ4v) is 3.47. The van der Waals surface area contributed by atoms with Gasteiger partial charge in [-0.25, -0.2) is 4.79 Å². The fraction of sp³-hybridized carbons (Fsp3) is 0.846. The van der Waals surface area contributed by atoms with Crippen molar-refractivity contribution in [3.05, 3.63) is 0 Å². The summed E-state index contributed by atoms with van der Waals surface area (Å²) < 4.78 is 15.6. The summed E-state index contributed by atoms with van der Waals surface area (Å²) in [4.78, 5) is 50.5. The molecule has 0 aliphatic rings. The highest BCUT2D eigenvalue weighted by Crippen LogP contribution is 2.28. The number of carbonyl (C=O) groups is 4. The lowest BCUT2D eigenvalue weighted by Crippen LogP contribution is -2.55. The molecule has 0 aromatic heterocycles. The van der Waals surface area contributed by atoms with Crippen molar-refractivity contribution in [2.24, 2.45) is 23.7 Å². The lowest BCUT2D eigenvalue weighted by atomic mass is 9.81. The van der Waals surface area contributed by atoms with Gasteiger partial charge >= 0.3 is 17.9 Å². The van der Waals surface area contributed by atoms with E-state index in [1.165, 1.54) is 0 Å². The van der Waals surface area contributed by atoms with Gasteiger partial charge in [-0.2, -0.15) is 0 Å². The summed E-state index contributed by atoms with van der Waals surface area (Å²) in [7, 11) is 0. The van der Waals surface area contributed by atoms with E-state index in [0.29, 0.717) is 37.0 Å². The molecule has 2 atom stereocenters. The molecule has 0 aliphatic carbocycles. The first-order valence-corrected chi connectivity index (χ1v) is 12.5. The van der Waals surface area contributed by atoms with Crippen LogP contribution >= 0.6 is 0 Å². The van der Waals surface area contributed by atoms with Gasteiger partial charge in [0.2, 0.25) is 0 Å². The van der Waals surface area contributed by atoms with Crippen molar-refractivity contribution in [3.8, 4) is 0 Å². The largest absolute Gasteiger partial charge is 0.466 e. The number of hydrogen-bond acceptors (Lipinski definition) is 8. The van der Waals surface area contributed by atoms with Crippen molar-refractivity contribution in [2.45, 2.75) is 99.0 Å². The number of carbonyl (C=O) groups excluding carboxylic acids is 4. The van der Waals surface area contributed by atoms with Crippen molar-refractivity contribution in [1.29, 1.82) is 0 Å². The van der Waals surface area contributed by atoms with Crippen molar-refractivity contribution in [1.82, 2.24) is 0 Å². The molecule has 34 heavy (non-hydrogen) atoms. The Morgan fingerprint density at radius 3 is 1.53 bits per heavy atom. The maximum atomic E-state index is 12.9. The molecule has 0 amide bonds. The molecule has 0 aromatic carbocycles. The summed E-state index contributed by atoms with van der Waals surface area (Å²) in [6.45, 7) is 13.4. The lowest BCUT2D eigenvalue weighted by molar-refractivity contribution is -0.187. The van der Waals surface area contributed by atoms with Crippen LogP contribution in [0.1, 0.15) is 93.4 Å². The third-order valence-corrected chi connectivity index (χ3v) is 5.41. The third kappa shape index (κ3) is 13.1. The smallest absolute Gasteiger partial charge is 0.340 e. The molecule has 0 aromatic rings. The molecule has 0 aliphatic heterocycles. The van der Waals surface area contributed by atoms with Crippen molar-refractivity contribution in [3.63, 3.8) is 0 Å². The van der Waals surface area contributed by atoms with E-state index in [1.807, 2.05) is 41.5 Å². The molecule has 8 nitrogen and oxygen atoms in total. The van der Waals surface area contributed by atoms with Crippen LogP contribution in [0, 0.1) is 23.7 Å². The molecule has 0 fully saturated rings. The Hall–Kier alpha value is -1.96. The monoisotopic (exact) mass is 486 g/mol. The van der Waals surface area contributed by atoms with Crippen LogP contribution < -0.4 is 0 Å². The van der Waals surface area contributed by atoms with Gasteiger partial charge in [0.05, 0.1) is 26.2 Å². The minimum atomic E-state index is -2.70. The summed E-state index contributed by atoms with van der Waals surface area (Å²) in [5.74, 6) is -4.57. The van der Waals surface area contributed by atoms with Crippen molar-refractivity contribution >= 4 is 23.7 Å². The first-order chi connectivity index (χ1) is 15.8. The summed E-state index contributed by atoms with van der Waals surface area (Å²) in [6.07, 6.45) is 3.31. The fourth-order valence-electron chi connectivity index (χ4n) is 3.47. The van der Waals surface area contributed by atoms with Gasteiger partial charge in [-0.3, -0.25) is 14.4 Å². The van der Waals surface area contributed by atoms with E-state index in [1.54, 1.807) is 0 Å². The molecule has 198 valence electrons. The predicted octanol–water partition coefficient (Wildman–Crippen LogP) is 4.25. The second-order valence-corrected chi connectivity index (χ2v) is 10.3. The normalized spacial score (nSPS) is 14.1. The predicted molar refractivity (Wildman–Crippen MR) is 129 cm³/mol. The van der Waals surface area contributed by atoms with E-state index < -0.39 is 41.6 Å². The van der Waals surface area contributed by atoms with Gasteiger partial charge in [-0.1, -0.05) is 41.5 Å². The Balaban J connectivity index is 5.48. The van der Waals surface area contributed by atoms with Crippen molar-refractivity contribution in [2.75, 3.05) is 19.8 Å². The molecular weight excluding hydrogens is 440 g/mol. The van der Waals surface area contributed by atoms with Crippen LogP contribution in [0.4, 0.5) is 0 Å². The van der Waals surface area contributed by atoms with E-state index in [-0.39, 0.29) is 19.8 Å². The molecule has 0 saturated carbocycles. The summed E-state index contributed by atoms with van der Waals surface area (Å²) in [6, 6.07) is 0. The maximum Gasteiger partial charge on any atom is 0.340 e. The zero-order valence-corrected chi connectivity index (χ0v) is 22.2. The number of Topliss-reactive ketones (excluding diaryl/α,β-unsaturated/α-hetero) is 1. The van der Waals surface area contributed by atoms with Crippen LogP contribution in [-0.2, 0) is 33.4 Å². The molecule has 0 radical (unpaired) electrons. The van der Waals surface area contributed by atoms with Crippen LogP contribution in [-0.4, -0.2) is 54.2 Å². The Kier molecular flexibility index (Phi) is 15.7. The highest BCUT2D eigenvalue weighted by Gasteiger charge is 2.54. The number of ketones is 1. The van der Waals surface area contributed by atoms with Crippen LogP contribution in [0.3, 0.4) is 0 Å². The molecule has 0 saturated heterocycles. The lowest BCUT2D eigenvalue weighted by Gasteiger charge is -2.30. The number of aliphatic hydroxyl groups is 1. The van der Waals surface area contributed by atoms with Crippen LogP contribution in [0.2, 0.25) is 0 Å². The highest BCUT2D eigenvalue weighted by atomic mass is 16.6. The Labute approximate surface area is 205 Å². The zero-order chi connectivity index (χ0) is 26.3. The van der Waals surface area contributed by atoms with Gasteiger partial charge < -0.3 is 19.3 Å². The number of rotatable bonds is 18. The average molecular weight is 487 g/mol. The Morgan fingerprint density at radius 1 is 0.706 bits per heavy atom. The molecular formula is C26H46O8. The van der Waals surface area contributed by atoms with Gasteiger partial charge in [0.15, 0.2) is 11.5 Å². The number of hydrogen-bond donors (Lipinski definition) is 1.